The molecule has 0 amide bonds. The largest absolute Gasteiger partial charge is 0.259 e. The summed E-state index contributed by atoms with van der Waals surface area (Å²) in [6.45, 7) is 3.97. The van der Waals surface area contributed by atoms with Crippen molar-refractivity contribution in [3.63, 3.8) is 0 Å². The predicted molar refractivity (Wildman–Crippen MR) is 44.7 cm³/mol. The number of aromatic nitrogens is 3. The lowest BCUT2D eigenvalue weighted by Crippen LogP contribution is -1.84. The van der Waals surface area contributed by atoms with Gasteiger partial charge in [0.25, 0.3) is 0 Å². The fourth-order valence-electron chi connectivity index (χ4n) is 1.000. The Morgan fingerprint density at radius 1 is 1.36 bits per heavy atom. The quantitative estimate of drug-likeness (QED) is 0.596. The summed E-state index contributed by atoms with van der Waals surface area (Å²) in [6.07, 6.45) is 1.86. The first kappa shape index (κ1) is 6.67. The molecule has 0 atom stereocenters. The molecular formula is C7H7N3S. The van der Waals surface area contributed by atoms with Gasteiger partial charge in [-0.1, -0.05) is 4.49 Å². The Bertz CT molecular complexity index is 357. The molecule has 0 aliphatic rings. The molecule has 0 unspecified atom stereocenters. The molecule has 0 N–H and O–H groups in total. The highest BCUT2D eigenvalue weighted by Crippen LogP contribution is 2.20. The summed E-state index contributed by atoms with van der Waals surface area (Å²) in [5.41, 5.74) is 3.05. The number of hydrogen-bond acceptors (Lipinski definition) is 4. The van der Waals surface area contributed by atoms with Crippen LogP contribution in [0.15, 0.2) is 6.20 Å². The van der Waals surface area contributed by atoms with Gasteiger partial charge >= 0.3 is 0 Å². The average Bonchev–Trinajstić information content (AvgIpc) is 2.45. The van der Waals surface area contributed by atoms with Gasteiger partial charge in [0, 0.05) is 6.20 Å². The summed E-state index contributed by atoms with van der Waals surface area (Å²) in [6, 6.07) is 0. The van der Waals surface area contributed by atoms with Crippen molar-refractivity contribution in [1.29, 1.82) is 0 Å². The molecule has 0 spiro atoms. The maximum Gasteiger partial charge on any atom is 0.127 e. The van der Waals surface area contributed by atoms with E-state index in [0.717, 1.165) is 21.5 Å². The van der Waals surface area contributed by atoms with Crippen molar-refractivity contribution >= 4 is 21.7 Å². The van der Waals surface area contributed by atoms with Crippen LogP contribution in [0.4, 0.5) is 0 Å². The molecule has 11 heavy (non-hydrogen) atoms. The van der Waals surface area contributed by atoms with Crippen molar-refractivity contribution in [2.75, 3.05) is 0 Å². The van der Waals surface area contributed by atoms with Gasteiger partial charge < -0.3 is 0 Å². The van der Waals surface area contributed by atoms with Gasteiger partial charge in [-0.25, -0.2) is 0 Å². The minimum atomic E-state index is 0.940. The van der Waals surface area contributed by atoms with E-state index in [-0.39, 0.29) is 0 Å². The Kier molecular flexibility index (Phi) is 1.35. The van der Waals surface area contributed by atoms with Crippen molar-refractivity contribution in [2.24, 2.45) is 0 Å². The van der Waals surface area contributed by atoms with Gasteiger partial charge in [0.05, 0.1) is 10.4 Å². The summed E-state index contributed by atoms with van der Waals surface area (Å²) in [7, 11) is 0. The van der Waals surface area contributed by atoms with E-state index in [2.05, 4.69) is 14.6 Å². The van der Waals surface area contributed by atoms with Gasteiger partial charge in [-0.2, -0.15) is 0 Å². The molecule has 0 aromatic carbocycles. The highest BCUT2D eigenvalue weighted by molar-refractivity contribution is 7.13. The third-order valence-electron chi connectivity index (χ3n) is 1.64. The van der Waals surface area contributed by atoms with E-state index in [1.165, 1.54) is 11.5 Å². The average molecular weight is 165 g/mol. The maximum absolute atomic E-state index is 4.18. The molecule has 0 bridgehead atoms. The van der Waals surface area contributed by atoms with Crippen molar-refractivity contribution in [2.45, 2.75) is 13.8 Å². The molecule has 2 aromatic rings. The van der Waals surface area contributed by atoms with E-state index in [4.69, 9.17) is 0 Å². The van der Waals surface area contributed by atoms with E-state index >= 15 is 0 Å². The van der Waals surface area contributed by atoms with E-state index in [0.29, 0.717) is 0 Å². The van der Waals surface area contributed by atoms with Gasteiger partial charge in [0.1, 0.15) is 5.52 Å². The second-order valence-electron chi connectivity index (χ2n) is 2.48. The number of pyridine rings is 1. The van der Waals surface area contributed by atoms with E-state index in [1.807, 2.05) is 20.0 Å². The molecule has 0 radical (unpaired) electrons. The second-order valence-corrected chi connectivity index (χ2v) is 3.23. The molecular weight excluding hydrogens is 158 g/mol. The van der Waals surface area contributed by atoms with Crippen LogP contribution in [0.25, 0.3) is 10.2 Å². The Morgan fingerprint density at radius 3 is 2.91 bits per heavy atom. The van der Waals surface area contributed by atoms with Crippen molar-refractivity contribution in [3.8, 4) is 0 Å². The van der Waals surface area contributed by atoms with Gasteiger partial charge in [0.2, 0.25) is 0 Å². The molecule has 0 fully saturated rings. The third-order valence-corrected chi connectivity index (χ3v) is 2.50. The van der Waals surface area contributed by atoms with Crippen LogP contribution < -0.4 is 0 Å². The molecule has 0 saturated heterocycles. The molecule has 0 aliphatic heterocycles. The van der Waals surface area contributed by atoms with Gasteiger partial charge in [0.15, 0.2) is 0 Å². The van der Waals surface area contributed by atoms with Crippen LogP contribution in [-0.4, -0.2) is 14.6 Å². The predicted octanol–water partition coefficient (Wildman–Crippen LogP) is 1.70. The van der Waals surface area contributed by atoms with Crippen molar-refractivity contribution in [3.05, 3.63) is 17.5 Å². The van der Waals surface area contributed by atoms with Crippen LogP contribution in [0.2, 0.25) is 0 Å². The fourth-order valence-corrected chi connectivity index (χ4v) is 1.68. The molecule has 56 valence electrons. The van der Waals surface area contributed by atoms with Crippen LogP contribution in [0.1, 0.15) is 11.3 Å². The summed E-state index contributed by atoms with van der Waals surface area (Å²) in [5.74, 6) is 0. The lowest BCUT2D eigenvalue weighted by Gasteiger charge is -1.93. The SMILES string of the molecule is Cc1ncc(C)c2snnc12. The smallest absolute Gasteiger partial charge is 0.127 e. The summed E-state index contributed by atoms with van der Waals surface area (Å²) < 4.78 is 5.03. The van der Waals surface area contributed by atoms with E-state index < -0.39 is 0 Å². The zero-order valence-corrected chi connectivity index (χ0v) is 7.14. The van der Waals surface area contributed by atoms with E-state index in [9.17, 15) is 0 Å². The van der Waals surface area contributed by atoms with Crippen molar-refractivity contribution < 1.29 is 0 Å². The summed E-state index contributed by atoms with van der Waals surface area (Å²) in [5, 5.41) is 3.99. The topological polar surface area (TPSA) is 38.7 Å². The van der Waals surface area contributed by atoms with Crippen LogP contribution in [0.3, 0.4) is 0 Å². The van der Waals surface area contributed by atoms with E-state index in [1.54, 1.807) is 0 Å². The van der Waals surface area contributed by atoms with Crippen LogP contribution in [0, 0.1) is 13.8 Å². The van der Waals surface area contributed by atoms with Crippen LogP contribution >= 0.6 is 11.5 Å². The Labute approximate surface area is 68.3 Å². The van der Waals surface area contributed by atoms with Crippen LogP contribution in [-0.2, 0) is 0 Å². The highest BCUT2D eigenvalue weighted by atomic mass is 32.1. The van der Waals surface area contributed by atoms with Gasteiger partial charge in [-0.3, -0.25) is 4.98 Å². The standard InChI is InChI=1S/C7H7N3S/c1-4-3-8-5(2)6-7(4)11-10-9-6/h3H,1-2H3. The maximum atomic E-state index is 4.18. The molecule has 0 saturated carbocycles. The number of nitrogens with zero attached hydrogens (tertiary/aromatic N) is 3. The molecule has 2 rings (SSSR count). The number of aryl methyl sites for hydroxylation is 2. The molecule has 4 heteroatoms. The first-order valence-electron chi connectivity index (χ1n) is 3.33. The highest BCUT2D eigenvalue weighted by Gasteiger charge is 2.04. The number of hydrogen-bond donors (Lipinski definition) is 0. The second kappa shape index (κ2) is 2.23. The minimum absolute atomic E-state index is 0.940. The monoisotopic (exact) mass is 165 g/mol. The van der Waals surface area contributed by atoms with Gasteiger partial charge in [-0.15, -0.1) is 5.10 Å². The fraction of sp³-hybridized carbons (Fsp3) is 0.286. The molecule has 3 nitrogen and oxygen atoms in total. The molecule has 0 aliphatic carbocycles. The van der Waals surface area contributed by atoms with Gasteiger partial charge in [-0.05, 0) is 30.9 Å². The molecule has 2 heterocycles. The van der Waals surface area contributed by atoms with Crippen molar-refractivity contribution in [1.82, 2.24) is 14.6 Å². The lowest BCUT2D eigenvalue weighted by atomic mass is 10.2. The first-order valence-corrected chi connectivity index (χ1v) is 4.10. The molecule has 2 aromatic heterocycles. The number of rotatable bonds is 0. The third kappa shape index (κ3) is 0.903. The summed E-state index contributed by atoms with van der Waals surface area (Å²) in [4.78, 5) is 4.18. The minimum Gasteiger partial charge on any atom is -0.259 e. The number of fused-ring (bicyclic) bond motifs is 1. The first-order chi connectivity index (χ1) is 5.29. The Hall–Kier alpha value is -1.03. The zero-order valence-electron chi connectivity index (χ0n) is 6.33. The summed E-state index contributed by atoms with van der Waals surface area (Å²) >= 11 is 1.43. The normalized spacial score (nSPS) is 10.7. The lowest BCUT2D eigenvalue weighted by molar-refractivity contribution is 1.14. The van der Waals surface area contributed by atoms with Crippen LogP contribution in [0.5, 0.6) is 0 Å². The Balaban J connectivity index is 2.96. The Morgan fingerprint density at radius 2 is 2.18 bits per heavy atom. The zero-order chi connectivity index (χ0) is 7.84.